The van der Waals surface area contributed by atoms with E-state index in [1.54, 1.807) is 7.11 Å². The van der Waals surface area contributed by atoms with Gasteiger partial charge in [0.05, 0.1) is 25.9 Å². The van der Waals surface area contributed by atoms with Crippen LogP contribution in [-0.4, -0.2) is 38.1 Å². The quantitative estimate of drug-likeness (QED) is 0.555. The minimum atomic E-state index is -0.0184. The summed E-state index contributed by atoms with van der Waals surface area (Å²) in [6, 6.07) is 0. The Balaban J connectivity index is 3.09. The lowest BCUT2D eigenvalue weighted by Gasteiger charge is -2.11. The van der Waals surface area contributed by atoms with E-state index < -0.39 is 0 Å². The first-order valence-electron chi connectivity index (χ1n) is 3.56. The predicted molar refractivity (Wildman–Crippen MR) is 39.0 cm³/mol. The third kappa shape index (κ3) is 4.73. The highest BCUT2D eigenvalue weighted by atomic mass is 16.5. The number of hydrogen-bond acceptors (Lipinski definition) is 3. The van der Waals surface area contributed by atoms with E-state index in [0.717, 1.165) is 6.42 Å². The Bertz CT molecular complexity index is 61.9. The van der Waals surface area contributed by atoms with Gasteiger partial charge in [-0.15, -0.1) is 0 Å². The van der Waals surface area contributed by atoms with Gasteiger partial charge in [-0.05, 0) is 6.42 Å². The van der Waals surface area contributed by atoms with Gasteiger partial charge in [-0.2, -0.15) is 0 Å². The minimum Gasteiger partial charge on any atom is -0.394 e. The summed E-state index contributed by atoms with van der Waals surface area (Å²) in [4.78, 5) is 0. The van der Waals surface area contributed by atoms with E-state index in [1.165, 1.54) is 0 Å². The van der Waals surface area contributed by atoms with Gasteiger partial charge in [0.2, 0.25) is 0 Å². The number of aliphatic hydroxyl groups is 1. The Hall–Kier alpha value is -0.120. The van der Waals surface area contributed by atoms with Crippen LogP contribution >= 0.6 is 0 Å². The number of methoxy groups -OCH3 is 1. The van der Waals surface area contributed by atoms with Crippen LogP contribution in [0.15, 0.2) is 0 Å². The molecule has 0 fully saturated rings. The van der Waals surface area contributed by atoms with Crippen molar-refractivity contribution in [2.75, 3.05) is 26.9 Å². The summed E-state index contributed by atoms with van der Waals surface area (Å²) in [7, 11) is 1.63. The summed E-state index contributed by atoms with van der Waals surface area (Å²) in [6.45, 7) is 3.24. The molecule has 3 nitrogen and oxygen atoms in total. The van der Waals surface area contributed by atoms with Crippen LogP contribution in [-0.2, 0) is 9.47 Å². The molecule has 0 saturated carbocycles. The van der Waals surface area contributed by atoms with Crippen molar-refractivity contribution in [3.05, 3.63) is 0 Å². The van der Waals surface area contributed by atoms with Crippen molar-refractivity contribution < 1.29 is 14.6 Å². The molecule has 0 aromatic carbocycles. The lowest BCUT2D eigenvalue weighted by atomic mass is 10.3. The zero-order valence-corrected chi connectivity index (χ0v) is 6.67. The highest BCUT2D eigenvalue weighted by Gasteiger charge is 2.02. The molecule has 0 radical (unpaired) electrons. The molecule has 1 atom stereocenters. The van der Waals surface area contributed by atoms with Crippen LogP contribution in [0.4, 0.5) is 0 Å². The molecule has 1 unspecified atom stereocenters. The van der Waals surface area contributed by atoms with Crippen molar-refractivity contribution in [2.45, 2.75) is 19.4 Å². The Morgan fingerprint density at radius 1 is 1.40 bits per heavy atom. The summed E-state index contributed by atoms with van der Waals surface area (Å²) in [5.74, 6) is 0. The molecule has 0 aliphatic heterocycles. The van der Waals surface area contributed by atoms with E-state index in [1.807, 2.05) is 6.92 Å². The standard InChI is InChI=1S/C7H16O3/c1-3-7(6-8)10-5-4-9-2/h7-8H,3-6H2,1-2H3. The normalized spacial score (nSPS) is 13.5. The van der Waals surface area contributed by atoms with Crippen LogP contribution < -0.4 is 0 Å². The molecule has 1 N–H and O–H groups in total. The third-order valence-electron chi connectivity index (χ3n) is 1.30. The molecule has 0 aromatic heterocycles. The molecule has 3 heteroatoms. The van der Waals surface area contributed by atoms with Crippen LogP contribution in [0.2, 0.25) is 0 Å². The van der Waals surface area contributed by atoms with Crippen molar-refractivity contribution >= 4 is 0 Å². The molecule has 0 saturated heterocycles. The van der Waals surface area contributed by atoms with Gasteiger partial charge >= 0.3 is 0 Å². The summed E-state index contributed by atoms with van der Waals surface area (Å²) < 4.78 is 9.98. The van der Waals surface area contributed by atoms with Gasteiger partial charge in [0, 0.05) is 7.11 Å². The van der Waals surface area contributed by atoms with Gasteiger partial charge in [0.25, 0.3) is 0 Å². The molecular weight excluding hydrogens is 132 g/mol. The maximum atomic E-state index is 8.66. The first-order chi connectivity index (χ1) is 4.85. The van der Waals surface area contributed by atoms with E-state index in [2.05, 4.69) is 0 Å². The van der Waals surface area contributed by atoms with Gasteiger partial charge in [-0.1, -0.05) is 6.92 Å². The largest absolute Gasteiger partial charge is 0.394 e. The zero-order chi connectivity index (χ0) is 7.82. The maximum absolute atomic E-state index is 8.66. The number of rotatable bonds is 6. The van der Waals surface area contributed by atoms with Gasteiger partial charge in [0.1, 0.15) is 0 Å². The summed E-state index contributed by atoms with van der Waals surface area (Å²) >= 11 is 0. The van der Waals surface area contributed by atoms with Crippen LogP contribution in [0, 0.1) is 0 Å². The molecule has 10 heavy (non-hydrogen) atoms. The molecule has 0 heterocycles. The lowest BCUT2D eigenvalue weighted by molar-refractivity contribution is -0.0122. The Kier molecular flexibility index (Phi) is 6.91. The van der Waals surface area contributed by atoms with Gasteiger partial charge in [0.15, 0.2) is 0 Å². The molecule has 0 rings (SSSR count). The second-order valence-electron chi connectivity index (χ2n) is 2.08. The van der Waals surface area contributed by atoms with E-state index >= 15 is 0 Å². The Morgan fingerprint density at radius 3 is 2.50 bits per heavy atom. The fraction of sp³-hybridized carbons (Fsp3) is 1.00. The van der Waals surface area contributed by atoms with Gasteiger partial charge in [-0.3, -0.25) is 0 Å². The fourth-order valence-electron chi connectivity index (χ4n) is 0.598. The highest BCUT2D eigenvalue weighted by Crippen LogP contribution is 1.95. The van der Waals surface area contributed by atoms with E-state index in [0.29, 0.717) is 13.2 Å². The number of hydrogen-bond donors (Lipinski definition) is 1. The van der Waals surface area contributed by atoms with Crippen molar-refractivity contribution in [1.82, 2.24) is 0 Å². The maximum Gasteiger partial charge on any atom is 0.0804 e. The summed E-state index contributed by atoms with van der Waals surface area (Å²) in [5.41, 5.74) is 0. The van der Waals surface area contributed by atoms with Crippen molar-refractivity contribution in [3.8, 4) is 0 Å². The van der Waals surface area contributed by atoms with Crippen LogP contribution in [0.1, 0.15) is 13.3 Å². The molecule has 0 aliphatic carbocycles. The zero-order valence-electron chi connectivity index (χ0n) is 6.67. The first kappa shape index (κ1) is 9.88. The third-order valence-corrected chi connectivity index (χ3v) is 1.30. The van der Waals surface area contributed by atoms with Gasteiger partial charge < -0.3 is 14.6 Å². The minimum absolute atomic E-state index is 0.0184. The highest BCUT2D eigenvalue weighted by molar-refractivity contribution is 4.50. The number of aliphatic hydroxyl groups excluding tert-OH is 1. The second-order valence-corrected chi connectivity index (χ2v) is 2.08. The van der Waals surface area contributed by atoms with Gasteiger partial charge in [-0.25, -0.2) is 0 Å². The Morgan fingerprint density at radius 2 is 2.10 bits per heavy atom. The molecular formula is C7H16O3. The van der Waals surface area contributed by atoms with Crippen LogP contribution in [0.5, 0.6) is 0 Å². The van der Waals surface area contributed by atoms with E-state index in [4.69, 9.17) is 14.6 Å². The first-order valence-corrected chi connectivity index (χ1v) is 3.56. The van der Waals surface area contributed by atoms with Crippen LogP contribution in [0.3, 0.4) is 0 Å². The van der Waals surface area contributed by atoms with E-state index in [-0.39, 0.29) is 12.7 Å². The van der Waals surface area contributed by atoms with Crippen molar-refractivity contribution in [2.24, 2.45) is 0 Å². The molecule has 0 bridgehead atoms. The van der Waals surface area contributed by atoms with Crippen molar-refractivity contribution in [1.29, 1.82) is 0 Å². The van der Waals surface area contributed by atoms with E-state index in [9.17, 15) is 0 Å². The SMILES string of the molecule is CCC(CO)OCCOC. The summed E-state index contributed by atoms with van der Waals surface area (Å²) in [6.07, 6.45) is 0.829. The monoisotopic (exact) mass is 148 g/mol. The molecule has 62 valence electrons. The summed E-state index contributed by atoms with van der Waals surface area (Å²) in [5, 5.41) is 8.66. The average Bonchev–Trinajstić information content (AvgIpc) is 1.99. The second kappa shape index (κ2) is 6.99. The molecule has 0 aliphatic rings. The number of ether oxygens (including phenoxy) is 2. The molecule has 0 amide bonds. The van der Waals surface area contributed by atoms with Crippen molar-refractivity contribution in [3.63, 3.8) is 0 Å². The smallest absolute Gasteiger partial charge is 0.0804 e. The molecule has 0 aromatic rings. The average molecular weight is 148 g/mol. The topological polar surface area (TPSA) is 38.7 Å². The Labute approximate surface area is 62.0 Å². The molecule has 0 spiro atoms. The van der Waals surface area contributed by atoms with Crippen LogP contribution in [0.25, 0.3) is 0 Å². The fourth-order valence-corrected chi connectivity index (χ4v) is 0.598. The predicted octanol–water partition coefficient (Wildman–Crippen LogP) is 0.420. The lowest BCUT2D eigenvalue weighted by Crippen LogP contribution is -2.18.